The summed E-state index contributed by atoms with van der Waals surface area (Å²) in [5.41, 5.74) is 4.08. The van der Waals surface area contributed by atoms with E-state index in [-0.39, 0.29) is 5.91 Å². The minimum atomic E-state index is 0.128. The van der Waals surface area contributed by atoms with Gasteiger partial charge in [0, 0.05) is 31.5 Å². The van der Waals surface area contributed by atoms with Gasteiger partial charge in [0.05, 0.1) is 5.69 Å². The Kier molecular flexibility index (Phi) is 5.74. The van der Waals surface area contributed by atoms with Crippen LogP contribution in [0.15, 0.2) is 24.4 Å². The molecule has 1 aliphatic rings. The van der Waals surface area contributed by atoms with Crippen LogP contribution in [0.2, 0.25) is 0 Å². The van der Waals surface area contributed by atoms with Crippen LogP contribution in [-0.4, -0.2) is 38.2 Å². The smallest absolute Gasteiger partial charge is 0.272 e. The van der Waals surface area contributed by atoms with Crippen LogP contribution < -0.4 is 0 Å². The molecule has 5 heteroatoms. The molecule has 1 atom stereocenters. The number of hydrogen-bond donors (Lipinski definition) is 0. The Morgan fingerprint density at radius 3 is 2.88 bits per heavy atom. The van der Waals surface area contributed by atoms with Crippen molar-refractivity contribution in [2.45, 2.75) is 58.9 Å². The van der Waals surface area contributed by atoms with E-state index >= 15 is 0 Å². The lowest BCUT2D eigenvalue weighted by Crippen LogP contribution is -2.36. The molecule has 3 rings (SSSR count). The predicted molar refractivity (Wildman–Crippen MR) is 103 cm³/mol. The fourth-order valence-corrected chi connectivity index (χ4v) is 3.89. The minimum Gasteiger partial charge on any atom is -0.334 e. The lowest BCUT2D eigenvalue weighted by atomic mass is 10.0. The van der Waals surface area contributed by atoms with Crippen molar-refractivity contribution in [3.63, 3.8) is 0 Å². The lowest BCUT2D eigenvalue weighted by molar-refractivity contribution is 0.0719. The first-order valence-corrected chi connectivity index (χ1v) is 9.69. The average molecular weight is 354 g/mol. The summed E-state index contributed by atoms with van der Waals surface area (Å²) < 4.78 is 1.75. The molecule has 0 radical (unpaired) electrons. The van der Waals surface area contributed by atoms with Gasteiger partial charge in [-0.05, 0) is 68.7 Å². The highest BCUT2D eigenvalue weighted by Crippen LogP contribution is 2.24. The first-order valence-electron chi connectivity index (χ1n) is 9.69. The Bertz CT molecular complexity index is 765. The number of carbonyl (C=O) groups excluding carboxylic acids is 1. The second kappa shape index (κ2) is 8.02. The largest absolute Gasteiger partial charge is 0.334 e. The Morgan fingerprint density at radius 1 is 1.35 bits per heavy atom. The normalized spacial score (nSPS) is 17.3. The highest BCUT2D eigenvalue weighted by molar-refractivity contribution is 5.93. The van der Waals surface area contributed by atoms with Gasteiger partial charge in [-0.1, -0.05) is 13.8 Å². The summed E-state index contributed by atoms with van der Waals surface area (Å²) in [6, 6.07) is 6.51. The van der Waals surface area contributed by atoms with Crippen molar-refractivity contribution in [1.29, 1.82) is 0 Å². The molecule has 26 heavy (non-hydrogen) atoms. The Morgan fingerprint density at radius 2 is 2.15 bits per heavy atom. The summed E-state index contributed by atoms with van der Waals surface area (Å²) in [6.07, 6.45) is 6.95. The molecule has 0 saturated carbocycles. The van der Waals surface area contributed by atoms with Gasteiger partial charge < -0.3 is 4.90 Å². The Hall–Kier alpha value is -2.17. The molecule has 2 aromatic heterocycles. The summed E-state index contributed by atoms with van der Waals surface area (Å²) in [5, 5.41) is 4.53. The zero-order valence-corrected chi connectivity index (χ0v) is 16.4. The van der Waals surface area contributed by atoms with E-state index in [0.717, 1.165) is 50.0 Å². The number of pyridine rings is 1. The van der Waals surface area contributed by atoms with Gasteiger partial charge in [0.2, 0.25) is 0 Å². The van der Waals surface area contributed by atoms with E-state index in [1.165, 1.54) is 5.56 Å². The number of carbonyl (C=O) groups is 1. The lowest BCUT2D eigenvalue weighted by Gasteiger charge is -2.24. The molecule has 140 valence electrons. The van der Waals surface area contributed by atoms with Crippen LogP contribution in [0.5, 0.6) is 0 Å². The van der Waals surface area contributed by atoms with E-state index in [9.17, 15) is 4.79 Å². The third-order valence-electron chi connectivity index (χ3n) is 5.13. The Balaban J connectivity index is 1.67. The third kappa shape index (κ3) is 4.32. The number of amides is 1. The van der Waals surface area contributed by atoms with Gasteiger partial charge >= 0.3 is 0 Å². The van der Waals surface area contributed by atoms with Crippen LogP contribution in [-0.2, 0) is 19.9 Å². The third-order valence-corrected chi connectivity index (χ3v) is 5.13. The topological polar surface area (TPSA) is 51.0 Å². The Labute approximate surface area is 156 Å². The molecule has 0 N–H and O–H groups in total. The van der Waals surface area contributed by atoms with Crippen LogP contribution in [0.4, 0.5) is 0 Å². The number of hydrogen-bond acceptors (Lipinski definition) is 3. The molecule has 5 nitrogen and oxygen atoms in total. The number of aromatic nitrogens is 3. The second-order valence-electron chi connectivity index (χ2n) is 7.88. The fraction of sp³-hybridized carbons (Fsp3) is 0.571. The van der Waals surface area contributed by atoms with Gasteiger partial charge in [0.15, 0.2) is 0 Å². The van der Waals surface area contributed by atoms with E-state index in [1.54, 1.807) is 4.68 Å². The molecule has 0 aliphatic carbocycles. The van der Waals surface area contributed by atoms with Crippen molar-refractivity contribution in [2.75, 3.05) is 6.54 Å². The monoisotopic (exact) mass is 354 g/mol. The van der Waals surface area contributed by atoms with Crippen molar-refractivity contribution >= 4 is 5.91 Å². The number of rotatable bonds is 6. The molecular formula is C21H30N4O. The molecule has 3 heterocycles. The summed E-state index contributed by atoms with van der Waals surface area (Å²) in [5.74, 6) is 0.666. The van der Waals surface area contributed by atoms with E-state index in [0.29, 0.717) is 17.7 Å². The van der Waals surface area contributed by atoms with E-state index in [2.05, 4.69) is 41.0 Å². The molecular weight excluding hydrogens is 324 g/mol. The van der Waals surface area contributed by atoms with Gasteiger partial charge in [-0.15, -0.1) is 0 Å². The highest BCUT2D eigenvalue weighted by atomic mass is 16.2. The molecule has 1 aliphatic heterocycles. The minimum absolute atomic E-state index is 0.128. The number of nitrogens with zero attached hydrogens (tertiary/aromatic N) is 4. The van der Waals surface area contributed by atoms with Crippen LogP contribution in [0.3, 0.4) is 0 Å². The average Bonchev–Trinajstić information content (AvgIpc) is 3.18. The molecule has 0 bridgehead atoms. The van der Waals surface area contributed by atoms with Crippen molar-refractivity contribution in [3.8, 4) is 0 Å². The first kappa shape index (κ1) is 18.6. The maximum Gasteiger partial charge on any atom is 0.272 e. The van der Waals surface area contributed by atoms with Crippen molar-refractivity contribution in [1.82, 2.24) is 19.7 Å². The summed E-state index contributed by atoms with van der Waals surface area (Å²) in [7, 11) is 1.88. The molecule has 2 aromatic rings. The van der Waals surface area contributed by atoms with Crippen molar-refractivity contribution < 1.29 is 4.79 Å². The van der Waals surface area contributed by atoms with E-state index in [1.807, 2.05) is 26.2 Å². The van der Waals surface area contributed by atoms with Crippen LogP contribution in [0.1, 0.15) is 60.5 Å². The zero-order chi connectivity index (χ0) is 18.7. The number of likely N-dealkylation sites (tertiary alicyclic amines) is 1. The maximum atomic E-state index is 13.1. The zero-order valence-electron chi connectivity index (χ0n) is 16.4. The molecule has 0 aromatic carbocycles. The molecule has 0 unspecified atom stereocenters. The standard InChI is InChI=1S/C21H30N4O/c1-15(2)12-18-14-20(24(4)23-18)21(26)25-11-5-6-19(25)8-7-17-9-10-22-16(3)13-17/h9-10,13-15,19H,5-8,11-12H2,1-4H3/t19-/m0/s1. The van der Waals surface area contributed by atoms with Crippen molar-refractivity contribution in [2.24, 2.45) is 13.0 Å². The quantitative estimate of drug-likeness (QED) is 0.797. The first-order chi connectivity index (χ1) is 12.4. The van der Waals surface area contributed by atoms with Gasteiger partial charge in [-0.2, -0.15) is 5.10 Å². The summed E-state index contributed by atoms with van der Waals surface area (Å²) in [4.78, 5) is 19.4. The van der Waals surface area contributed by atoms with E-state index < -0.39 is 0 Å². The summed E-state index contributed by atoms with van der Waals surface area (Å²) in [6.45, 7) is 7.22. The predicted octanol–water partition coefficient (Wildman–Crippen LogP) is 3.56. The molecule has 1 amide bonds. The van der Waals surface area contributed by atoms with Crippen LogP contribution >= 0.6 is 0 Å². The van der Waals surface area contributed by atoms with Gasteiger partial charge in [-0.3, -0.25) is 14.5 Å². The maximum absolute atomic E-state index is 13.1. The summed E-state index contributed by atoms with van der Waals surface area (Å²) >= 11 is 0. The van der Waals surface area contributed by atoms with Gasteiger partial charge in [-0.25, -0.2) is 0 Å². The van der Waals surface area contributed by atoms with Crippen LogP contribution in [0.25, 0.3) is 0 Å². The second-order valence-corrected chi connectivity index (χ2v) is 7.88. The highest BCUT2D eigenvalue weighted by Gasteiger charge is 2.30. The van der Waals surface area contributed by atoms with E-state index in [4.69, 9.17) is 0 Å². The molecule has 0 spiro atoms. The number of aryl methyl sites for hydroxylation is 3. The van der Waals surface area contributed by atoms with Crippen molar-refractivity contribution in [3.05, 3.63) is 47.0 Å². The molecule has 1 fully saturated rings. The SMILES string of the molecule is Cc1cc(CC[C@@H]2CCCN2C(=O)c2cc(CC(C)C)nn2C)ccn1. The van der Waals surface area contributed by atoms with Gasteiger partial charge in [0.25, 0.3) is 5.91 Å². The fourth-order valence-electron chi connectivity index (χ4n) is 3.89. The van der Waals surface area contributed by atoms with Gasteiger partial charge in [0.1, 0.15) is 5.69 Å². The van der Waals surface area contributed by atoms with Crippen LogP contribution in [0, 0.1) is 12.8 Å². The molecule has 1 saturated heterocycles.